The van der Waals surface area contributed by atoms with Gasteiger partial charge in [-0.05, 0) is 55.3 Å². The molecule has 3 rings (SSSR count). The minimum Gasteiger partial charge on any atom is -0.436 e. The lowest BCUT2D eigenvalue weighted by molar-refractivity contribution is 0.616. The molecule has 0 atom stereocenters. The fraction of sp³-hybridized carbons (Fsp3) is 0.133. The maximum atomic E-state index is 12.9. The van der Waals surface area contributed by atoms with Crippen molar-refractivity contribution < 1.29 is 8.81 Å². The second-order valence-corrected chi connectivity index (χ2v) is 4.45. The van der Waals surface area contributed by atoms with E-state index in [0.29, 0.717) is 5.89 Å². The summed E-state index contributed by atoms with van der Waals surface area (Å²) in [6.07, 6.45) is 0. The fourth-order valence-electron chi connectivity index (χ4n) is 2.09. The first-order valence-electron chi connectivity index (χ1n) is 5.77. The minimum atomic E-state index is -0.262. The Morgan fingerprint density at radius 2 is 1.78 bits per heavy atom. The standard InChI is InChI=1S/C15H12FNO/c1-9-7-10(2)14-13(8-9)18-15(17-14)11-3-5-12(16)6-4-11/h3-8H,1-2H3. The van der Waals surface area contributed by atoms with Crippen molar-refractivity contribution in [3.63, 3.8) is 0 Å². The Bertz CT molecular complexity index is 713. The normalized spacial score (nSPS) is 11.1. The number of aromatic nitrogens is 1. The van der Waals surface area contributed by atoms with Crippen LogP contribution in [0.15, 0.2) is 40.8 Å². The quantitative estimate of drug-likeness (QED) is 0.636. The number of benzene rings is 2. The second kappa shape index (κ2) is 3.95. The van der Waals surface area contributed by atoms with Crippen molar-refractivity contribution in [2.75, 3.05) is 0 Å². The van der Waals surface area contributed by atoms with Crippen LogP contribution in [0.25, 0.3) is 22.6 Å². The number of rotatable bonds is 1. The molecule has 0 N–H and O–H groups in total. The average molecular weight is 241 g/mol. The number of hydrogen-bond acceptors (Lipinski definition) is 2. The van der Waals surface area contributed by atoms with Crippen molar-refractivity contribution in [2.24, 2.45) is 0 Å². The van der Waals surface area contributed by atoms with E-state index in [1.54, 1.807) is 12.1 Å². The molecule has 18 heavy (non-hydrogen) atoms. The summed E-state index contributed by atoms with van der Waals surface area (Å²) in [7, 11) is 0. The number of hydrogen-bond donors (Lipinski definition) is 0. The average Bonchev–Trinajstić information content (AvgIpc) is 2.74. The van der Waals surface area contributed by atoms with Gasteiger partial charge in [0.15, 0.2) is 5.58 Å². The van der Waals surface area contributed by atoms with E-state index in [9.17, 15) is 4.39 Å². The van der Waals surface area contributed by atoms with E-state index < -0.39 is 0 Å². The summed E-state index contributed by atoms with van der Waals surface area (Å²) in [5.74, 6) is 0.264. The van der Waals surface area contributed by atoms with Crippen LogP contribution >= 0.6 is 0 Å². The Morgan fingerprint density at radius 3 is 2.50 bits per heavy atom. The molecular weight excluding hydrogens is 229 g/mol. The van der Waals surface area contributed by atoms with Crippen LogP contribution < -0.4 is 0 Å². The zero-order chi connectivity index (χ0) is 12.7. The largest absolute Gasteiger partial charge is 0.436 e. The third-order valence-corrected chi connectivity index (χ3v) is 2.92. The van der Waals surface area contributed by atoms with Gasteiger partial charge in [-0.2, -0.15) is 0 Å². The highest BCUT2D eigenvalue weighted by Crippen LogP contribution is 2.27. The Morgan fingerprint density at radius 1 is 1.06 bits per heavy atom. The van der Waals surface area contributed by atoms with Crippen molar-refractivity contribution >= 4 is 11.1 Å². The highest BCUT2D eigenvalue weighted by molar-refractivity contribution is 5.80. The summed E-state index contributed by atoms with van der Waals surface area (Å²) in [5, 5.41) is 0. The van der Waals surface area contributed by atoms with Gasteiger partial charge in [0.05, 0.1) is 0 Å². The van der Waals surface area contributed by atoms with Crippen molar-refractivity contribution in [2.45, 2.75) is 13.8 Å². The van der Waals surface area contributed by atoms with Crippen molar-refractivity contribution in [3.8, 4) is 11.5 Å². The van der Waals surface area contributed by atoms with Gasteiger partial charge in [0.2, 0.25) is 5.89 Å². The van der Waals surface area contributed by atoms with E-state index in [4.69, 9.17) is 4.42 Å². The van der Waals surface area contributed by atoms with E-state index in [1.165, 1.54) is 12.1 Å². The van der Waals surface area contributed by atoms with E-state index in [-0.39, 0.29) is 5.82 Å². The van der Waals surface area contributed by atoms with E-state index in [2.05, 4.69) is 11.1 Å². The molecule has 2 aromatic carbocycles. The molecule has 90 valence electrons. The van der Waals surface area contributed by atoms with Crippen molar-refractivity contribution in [1.29, 1.82) is 0 Å². The molecule has 0 aliphatic carbocycles. The summed E-state index contributed by atoms with van der Waals surface area (Å²) in [6.45, 7) is 4.03. The monoisotopic (exact) mass is 241 g/mol. The molecule has 0 spiro atoms. The zero-order valence-electron chi connectivity index (χ0n) is 10.2. The molecule has 0 aliphatic heterocycles. The third kappa shape index (κ3) is 1.78. The molecular formula is C15H12FNO. The predicted molar refractivity (Wildman–Crippen MR) is 68.9 cm³/mol. The molecule has 1 heterocycles. The number of oxazole rings is 1. The van der Waals surface area contributed by atoms with Gasteiger partial charge in [-0.15, -0.1) is 0 Å². The molecule has 0 bridgehead atoms. The molecule has 0 radical (unpaired) electrons. The van der Waals surface area contributed by atoms with Gasteiger partial charge in [0.25, 0.3) is 0 Å². The number of fused-ring (bicyclic) bond motifs is 1. The van der Waals surface area contributed by atoms with Crippen LogP contribution in [-0.2, 0) is 0 Å². The summed E-state index contributed by atoms with van der Waals surface area (Å²) in [5.41, 5.74) is 4.64. The zero-order valence-corrected chi connectivity index (χ0v) is 10.2. The molecule has 2 nitrogen and oxygen atoms in total. The van der Waals surface area contributed by atoms with Gasteiger partial charge >= 0.3 is 0 Å². The van der Waals surface area contributed by atoms with Crippen LogP contribution in [-0.4, -0.2) is 4.98 Å². The highest BCUT2D eigenvalue weighted by Gasteiger charge is 2.10. The van der Waals surface area contributed by atoms with Crippen molar-refractivity contribution in [3.05, 3.63) is 53.3 Å². The molecule has 3 aromatic rings. The van der Waals surface area contributed by atoms with Crippen LogP contribution in [0.5, 0.6) is 0 Å². The number of aryl methyl sites for hydroxylation is 2. The Hall–Kier alpha value is -2.16. The first kappa shape index (κ1) is 11.0. The first-order chi connectivity index (χ1) is 8.63. The molecule has 0 unspecified atom stereocenters. The minimum absolute atomic E-state index is 0.262. The first-order valence-corrected chi connectivity index (χ1v) is 5.77. The van der Waals surface area contributed by atoms with Gasteiger partial charge in [-0.3, -0.25) is 0 Å². The lowest BCUT2D eigenvalue weighted by atomic mass is 10.1. The van der Waals surface area contributed by atoms with Crippen LogP contribution in [0.3, 0.4) is 0 Å². The second-order valence-electron chi connectivity index (χ2n) is 4.45. The molecule has 0 aliphatic rings. The van der Waals surface area contributed by atoms with Gasteiger partial charge in [-0.1, -0.05) is 6.07 Å². The maximum absolute atomic E-state index is 12.9. The highest BCUT2D eigenvalue weighted by atomic mass is 19.1. The molecule has 3 heteroatoms. The Labute approximate surface area is 104 Å². The van der Waals surface area contributed by atoms with Gasteiger partial charge < -0.3 is 4.42 Å². The SMILES string of the molecule is Cc1cc(C)c2nc(-c3ccc(F)cc3)oc2c1. The molecule has 0 fully saturated rings. The smallest absolute Gasteiger partial charge is 0.227 e. The molecule has 0 saturated heterocycles. The molecule has 1 aromatic heterocycles. The van der Waals surface area contributed by atoms with Gasteiger partial charge in [0, 0.05) is 5.56 Å². The lowest BCUT2D eigenvalue weighted by Crippen LogP contribution is -1.80. The van der Waals surface area contributed by atoms with Crippen LogP contribution in [0.4, 0.5) is 4.39 Å². The van der Waals surface area contributed by atoms with Crippen LogP contribution in [0.1, 0.15) is 11.1 Å². The Kier molecular flexibility index (Phi) is 2.40. The van der Waals surface area contributed by atoms with E-state index in [1.807, 2.05) is 19.9 Å². The summed E-state index contributed by atoms with van der Waals surface area (Å²) in [6, 6.07) is 10.2. The Balaban J connectivity index is 2.19. The van der Waals surface area contributed by atoms with Gasteiger partial charge in [0.1, 0.15) is 11.3 Å². The fourth-order valence-corrected chi connectivity index (χ4v) is 2.09. The van der Waals surface area contributed by atoms with Crippen molar-refractivity contribution in [1.82, 2.24) is 4.98 Å². The number of nitrogens with zero attached hydrogens (tertiary/aromatic N) is 1. The van der Waals surface area contributed by atoms with Crippen LogP contribution in [0, 0.1) is 19.7 Å². The predicted octanol–water partition coefficient (Wildman–Crippen LogP) is 4.25. The van der Waals surface area contributed by atoms with E-state index >= 15 is 0 Å². The topological polar surface area (TPSA) is 26.0 Å². The molecule has 0 saturated carbocycles. The van der Waals surface area contributed by atoms with E-state index in [0.717, 1.165) is 27.8 Å². The molecule has 0 amide bonds. The summed E-state index contributed by atoms with van der Waals surface area (Å²) in [4.78, 5) is 4.46. The number of halogens is 1. The maximum Gasteiger partial charge on any atom is 0.227 e. The summed E-state index contributed by atoms with van der Waals surface area (Å²) >= 11 is 0. The lowest BCUT2D eigenvalue weighted by Gasteiger charge is -1.94. The summed E-state index contributed by atoms with van der Waals surface area (Å²) < 4.78 is 18.6. The van der Waals surface area contributed by atoms with Gasteiger partial charge in [-0.25, -0.2) is 9.37 Å². The van der Waals surface area contributed by atoms with Crippen LogP contribution in [0.2, 0.25) is 0 Å². The third-order valence-electron chi connectivity index (χ3n) is 2.92.